The van der Waals surface area contributed by atoms with E-state index >= 15 is 0 Å². The van der Waals surface area contributed by atoms with Crippen LogP contribution in [-0.4, -0.2) is 36.1 Å². The first-order valence-corrected chi connectivity index (χ1v) is 7.39. The molecule has 0 saturated carbocycles. The fraction of sp³-hybridized carbons (Fsp3) is 0.471. The first kappa shape index (κ1) is 14.0. The molecule has 2 aromatic rings. The molecule has 0 saturated heterocycles. The average molecular weight is 286 g/mol. The summed E-state index contributed by atoms with van der Waals surface area (Å²) in [5, 5.41) is 1.32. The molecule has 1 aliphatic carbocycles. The van der Waals surface area contributed by atoms with E-state index in [1.807, 2.05) is 11.9 Å². The molecule has 3 rings (SSSR count). The van der Waals surface area contributed by atoms with Gasteiger partial charge in [0.15, 0.2) is 0 Å². The van der Waals surface area contributed by atoms with Gasteiger partial charge in [-0.2, -0.15) is 0 Å². The highest BCUT2D eigenvalue weighted by Gasteiger charge is 2.27. The smallest absolute Gasteiger partial charge is 0.219 e. The third-order valence-electron chi connectivity index (χ3n) is 4.68. The van der Waals surface area contributed by atoms with Gasteiger partial charge in [-0.15, -0.1) is 0 Å². The Morgan fingerprint density at radius 2 is 2.24 bits per heavy atom. The number of methoxy groups -OCH3 is 1. The van der Waals surface area contributed by atoms with Crippen molar-refractivity contribution in [1.82, 2.24) is 9.47 Å². The lowest BCUT2D eigenvalue weighted by Crippen LogP contribution is -2.30. The fourth-order valence-corrected chi connectivity index (χ4v) is 3.45. The summed E-state index contributed by atoms with van der Waals surface area (Å²) in [4.78, 5) is 13.3. The highest BCUT2D eigenvalue weighted by molar-refractivity contribution is 5.90. The molecule has 0 radical (unpaired) electrons. The van der Waals surface area contributed by atoms with E-state index in [0.717, 1.165) is 25.1 Å². The molecule has 1 aromatic carbocycles. The minimum Gasteiger partial charge on any atom is -0.496 e. The first-order chi connectivity index (χ1) is 10.0. The van der Waals surface area contributed by atoms with Gasteiger partial charge < -0.3 is 14.2 Å². The van der Waals surface area contributed by atoms with Crippen LogP contribution in [0.25, 0.3) is 10.9 Å². The van der Waals surface area contributed by atoms with E-state index in [2.05, 4.69) is 29.9 Å². The van der Waals surface area contributed by atoms with Crippen LogP contribution in [0, 0.1) is 0 Å². The number of aromatic nitrogens is 1. The summed E-state index contributed by atoms with van der Waals surface area (Å²) in [5.41, 5.74) is 3.91. The molecule has 1 atom stereocenters. The predicted molar refractivity (Wildman–Crippen MR) is 83.8 cm³/mol. The molecule has 0 fully saturated rings. The number of carbonyl (C=O) groups is 1. The minimum atomic E-state index is 0.124. The summed E-state index contributed by atoms with van der Waals surface area (Å²) >= 11 is 0. The minimum absolute atomic E-state index is 0.124. The molecule has 1 unspecified atom stereocenters. The van der Waals surface area contributed by atoms with E-state index in [1.54, 1.807) is 14.0 Å². The molecule has 1 heterocycles. The molecular formula is C17H22N2O2. The van der Waals surface area contributed by atoms with Crippen molar-refractivity contribution in [1.29, 1.82) is 0 Å². The van der Waals surface area contributed by atoms with Crippen LogP contribution in [0.4, 0.5) is 0 Å². The number of benzene rings is 1. The van der Waals surface area contributed by atoms with Crippen molar-refractivity contribution in [3.63, 3.8) is 0 Å². The van der Waals surface area contributed by atoms with E-state index in [1.165, 1.54) is 22.0 Å². The molecule has 0 N–H and O–H groups in total. The Kier molecular flexibility index (Phi) is 3.40. The second kappa shape index (κ2) is 5.10. The van der Waals surface area contributed by atoms with Crippen molar-refractivity contribution in [3.8, 4) is 5.75 Å². The van der Waals surface area contributed by atoms with Crippen LogP contribution in [0.1, 0.15) is 30.4 Å². The molecule has 0 aliphatic heterocycles. The standard InChI is InChI=1S/C17H22N2O2/c1-11(20)18(2)9-12-5-6-13-16(21-4)8-7-15-17(13)14(12)10-19(15)3/h7-8,10,12H,5-6,9H2,1-4H3. The number of hydrogen-bond acceptors (Lipinski definition) is 2. The second-order valence-electron chi connectivity index (χ2n) is 5.97. The third kappa shape index (κ3) is 2.19. The average Bonchev–Trinajstić information content (AvgIpc) is 2.80. The Hall–Kier alpha value is -1.97. The van der Waals surface area contributed by atoms with Crippen LogP contribution in [0.2, 0.25) is 0 Å². The van der Waals surface area contributed by atoms with E-state index in [4.69, 9.17) is 4.74 Å². The van der Waals surface area contributed by atoms with Crippen LogP contribution in [0.5, 0.6) is 5.75 Å². The van der Waals surface area contributed by atoms with Crippen molar-refractivity contribution in [2.75, 3.05) is 20.7 Å². The summed E-state index contributed by atoms with van der Waals surface area (Å²) < 4.78 is 7.70. The topological polar surface area (TPSA) is 34.5 Å². The summed E-state index contributed by atoms with van der Waals surface area (Å²) in [7, 11) is 5.69. The maximum absolute atomic E-state index is 11.5. The highest BCUT2D eigenvalue weighted by atomic mass is 16.5. The van der Waals surface area contributed by atoms with E-state index < -0.39 is 0 Å². The molecular weight excluding hydrogens is 264 g/mol. The van der Waals surface area contributed by atoms with Gasteiger partial charge in [0.05, 0.1) is 7.11 Å². The zero-order valence-electron chi connectivity index (χ0n) is 13.1. The van der Waals surface area contributed by atoms with Crippen LogP contribution in [-0.2, 0) is 18.3 Å². The van der Waals surface area contributed by atoms with Gasteiger partial charge in [0, 0.05) is 56.1 Å². The Balaban J connectivity index is 2.09. The molecule has 1 amide bonds. The number of aryl methyl sites for hydroxylation is 2. The Bertz CT molecular complexity index is 702. The highest BCUT2D eigenvalue weighted by Crippen LogP contribution is 2.41. The molecule has 0 spiro atoms. The normalized spacial score (nSPS) is 17.0. The van der Waals surface area contributed by atoms with Gasteiger partial charge in [0.25, 0.3) is 0 Å². The molecule has 0 bridgehead atoms. The summed E-state index contributed by atoms with van der Waals surface area (Å²) in [5.74, 6) is 1.51. The quantitative estimate of drug-likeness (QED) is 0.869. The van der Waals surface area contributed by atoms with Gasteiger partial charge in [0.2, 0.25) is 5.91 Å². The summed E-state index contributed by atoms with van der Waals surface area (Å²) in [6.45, 7) is 2.41. The SMILES string of the molecule is COc1ccc2c3c(cn2C)C(CN(C)C(C)=O)CCc13. The lowest BCUT2D eigenvalue weighted by Gasteiger charge is -2.27. The third-order valence-corrected chi connectivity index (χ3v) is 4.68. The number of ether oxygens (including phenoxy) is 1. The lowest BCUT2D eigenvalue weighted by molar-refractivity contribution is -0.127. The van der Waals surface area contributed by atoms with Gasteiger partial charge in [-0.1, -0.05) is 0 Å². The first-order valence-electron chi connectivity index (χ1n) is 7.39. The lowest BCUT2D eigenvalue weighted by atomic mass is 9.83. The van der Waals surface area contributed by atoms with Crippen molar-refractivity contribution < 1.29 is 9.53 Å². The molecule has 21 heavy (non-hydrogen) atoms. The largest absolute Gasteiger partial charge is 0.496 e. The van der Waals surface area contributed by atoms with Gasteiger partial charge in [-0.05, 0) is 30.5 Å². The number of nitrogens with zero attached hydrogens (tertiary/aromatic N) is 2. The number of carbonyl (C=O) groups excluding carboxylic acids is 1. The number of hydrogen-bond donors (Lipinski definition) is 0. The Labute approximate surface area is 125 Å². The van der Waals surface area contributed by atoms with E-state index in [9.17, 15) is 4.79 Å². The number of amides is 1. The van der Waals surface area contributed by atoms with Crippen LogP contribution in [0.15, 0.2) is 18.3 Å². The maximum atomic E-state index is 11.5. The Morgan fingerprint density at radius 3 is 2.90 bits per heavy atom. The van der Waals surface area contributed by atoms with Crippen LogP contribution < -0.4 is 4.74 Å². The monoisotopic (exact) mass is 286 g/mol. The van der Waals surface area contributed by atoms with Crippen molar-refractivity contribution >= 4 is 16.8 Å². The van der Waals surface area contributed by atoms with Crippen molar-refractivity contribution in [2.45, 2.75) is 25.7 Å². The van der Waals surface area contributed by atoms with E-state index in [-0.39, 0.29) is 5.91 Å². The second-order valence-corrected chi connectivity index (χ2v) is 5.97. The number of rotatable bonds is 3. The van der Waals surface area contributed by atoms with Gasteiger partial charge in [-0.25, -0.2) is 0 Å². The molecule has 112 valence electrons. The van der Waals surface area contributed by atoms with E-state index in [0.29, 0.717) is 5.92 Å². The molecule has 1 aliphatic rings. The van der Waals surface area contributed by atoms with Crippen LogP contribution in [0.3, 0.4) is 0 Å². The fourth-order valence-electron chi connectivity index (χ4n) is 3.45. The zero-order chi connectivity index (χ0) is 15.1. The maximum Gasteiger partial charge on any atom is 0.219 e. The summed E-state index contributed by atoms with van der Waals surface area (Å²) in [6.07, 6.45) is 4.28. The van der Waals surface area contributed by atoms with Crippen molar-refractivity contribution in [3.05, 3.63) is 29.5 Å². The zero-order valence-corrected chi connectivity index (χ0v) is 13.1. The van der Waals surface area contributed by atoms with Gasteiger partial charge in [0.1, 0.15) is 5.75 Å². The van der Waals surface area contributed by atoms with Gasteiger partial charge in [-0.3, -0.25) is 4.79 Å². The predicted octanol–water partition coefficient (Wildman–Crippen LogP) is 2.70. The Morgan fingerprint density at radius 1 is 1.48 bits per heavy atom. The molecule has 1 aromatic heterocycles. The van der Waals surface area contributed by atoms with Gasteiger partial charge >= 0.3 is 0 Å². The molecule has 4 nitrogen and oxygen atoms in total. The number of likely N-dealkylation sites (N-methyl/N-ethyl adjacent to an activating group) is 1. The summed E-state index contributed by atoms with van der Waals surface area (Å²) in [6, 6.07) is 4.18. The van der Waals surface area contributed by atoms with Crippen molar-refractivity contribution in [2.24, 2.45) is 7.05 Å². The van der Waals surface area contributed by atoms with Crippen LogP contribution >= 0.6 is 0 Å². The molecule has 4 heteroatoms.